The molecule has 0 spiro atoms. The third-order valence-electron chi connectivity index (χ3n) is 5.02. The Morgan fingerprint density at radius 1 is 0.607 bits per heavy atom. The van der Waals surface area contributed by atoms with Crippen LogP contribution in [-0.4, -0.2) is 9.97 Å². The van der Waals surface area contributed by atoms with Crippen molar-refractivity contribution in [1.29, 1.82) is 0 Å². The molecule has 0 saturated carbocycles. The number of rotatable bonds is 8. The summed E-state index contributed by atoms with van der Waals surface area (Å²) in [5.74, 6) is 0. The van der Waals surface area contributed by atoms with Gasteiger partial charge in [-0.1, -0.05) is 97.9 Å². The molecule has 0 atom stereocenters. The molecule has 4 aromatic rings. The maximum absolute atomic E-state index is 4.85. The second-order valence-corrected chi connectivity index (χ2v) is 9.20. The highest BCUT2D eigenvalue weighted by atomic mass is 32.1. The van der Waals surface area contributed by atoms with Crippen molar-refractivity contribution in [2.45, 2.75) is 52.4 Å². The second kappa shape index (κ2) is 8.97. The minimum atomic E-state index is 1.04. The molecule has 4 rings (SSSR count). The van der Waals surface area contributed by atoms with Gasteiger partial charge in [-0.25, -0.2) is 9.97 Å². The number of hydrogen-bond acceptors (Lipinski definition) is 4. The standard InChI is InChI=1S/C24H26N2S2/c1-3-5-7-17-9-13-19(14-10-17)21-25-23-24(27-21)26-22(28-23)20-15-11-18(12-16-20)8-6-4-2/h9-16H,3-8H2,1-2H3. The molecule has 0 aliphatic heterocycles. The van der Waals surface area contributed by atoms with Crippen LogP contribution < -0.4 is 0 Å². The van der Waals surface area contributed by atoms with E-state index in [1.165, 1.54) is 47.9 Å². The molecule has 2 nitrogen and oxygen atoms in total. The van der Waals surface area contributed by atoms with Crippen molar-refractivity contribution in [3.63, 3.8) is 0 Å². The Morgan fingerprint density at radius 3 is 1.36 bits per heavy atom. The number of aryl methyl sites for hydroxylation is 2. The summed E-state index contributed by atoms with van der Waals surface area (Å²) in [6.45, 7) is 4.47. The van der Waals surface area contributed by atoms with Crippen LogP contribution in [0.1, 0.15) is 50.7 Å². The number of benzene rings is 2. The Bertz CT molecular complexity index is 914. The van der Waals surface area contributed by atoms with E-state index in [4.69, 9.17) is 9.97 Å². The molecule has 0 fully saturated rings. The monoisotopic (exact) mass is 406 g/mol. The summed E-state index contributed by atoms with van der Waals surface area (Å²) in [7, 11) is 0. The molecule has 28 heavy (non-hydrogen) atoms. The van der Waals surface area contributed by atoms with E-state index in [0.29, 0.717) is 0 Å². The summed E-state index contributed by atoms with van der Waals surface area (Å²) in [5, 5.41) is 2.13. The van der Waals surface area contributed by atoms with Gasteiger partial charge in [-0.3, -0.25) is 0 Å². The van der Waals surface area contributed by atoms with Crippen LogP contribution in [0.5, 0.6) is 0 Å². The zero-order valence-electron chi connectivity index (χ0n) is 16.6. The molecular weight excluding hydrogens is 380 g/mol. The molecule has 4 heteroatoms. The largest absolute Gasteiger partial charge is 0.223 e. The van der Waals surface area contributed by atoms with Crippen LogP contribution in [0.4, 0.5) is 0 Å². The average Bonchev–Trinajstić information content (AvgIpc) is 3.31. The van der Waals surface area contributed by atoms with Gasteiger partial charge in [0, 0.05) is 11.1 Å². The Hall–Kier alpha value is -2.04. The number of hydrogen-bond donors (Lipinski definition) is 0. The first-order valence-electron chi connectivity index (χ1n) is 10.2. The highest BCUT2D eigenvalue weighted by molar-refractivity contribution is 7.29. The smallest absolute Gasteiger partial charge is 0.155 e. The molecule has 2 aromatic heterocycles. The Labute approximate surface area is 175 Å². The summed E-state index contributed by atoms with van der Waals surface area (Å²) in [5.41, 5.74) is 5.20. The SMILES string of the molecule is CCCCc1ccc(-c2nc3sc(-c4ccc(CCCC)cc4)nc3s2)cc1. The lowest BCUT2D eigenvalue weighted by atomic mass is 10.1. The van der Waals surface area contributed by atoms with Crippen molar-refractivity contribution >= 4 is 32.3 Å². The zero-order valence-corrected chi connectivity index (χ0v) is 18.2. The van der Waals surface area contributed by atoms with Gasteiger partial charge in [0.25, 0.3) is 0 Å². The summed E-state index contributed by atoms with van der Waals surface area (Å²) in [6, 6.07) is 17.7. The van der Waals surface area contributed by atoms with Gasteiger partial charge >= 0.3 is 0 Å². The van der Waals surface area contributed by atoms with E-state index >= 15 is 0 Å². The van der Waals surface area contributed by atoms with Gasteiger partial charge in [0.1, 0.15) is 10.0 Å². The van der Waals surface area contributed by atoms with E-state index < -0.39 is 0 Å². The third-order valence-corrected chi connectivity index (χ3v) is 7.14. The van der Waals surface area contributed by atoms with Crippen LogP contribution >= 0.6 is 22.7 Å². The Balaban J connectivity index is 1.51. The van der Waals surface area contributed by atoms with Gasteiger partial charge in [0.05, 0.1) is 0 Å². The Kier molecular flexibility index (Phi) is 6.18. The van der Waals surface area contributed by atoms with Crippen LogP contribution in [0.2, 0.25) is 0 Å². The average molecular weight is 407 g/mol. The fourth-order valence-corrected chi connectivity index (χ4v) is 5.33. The highest BCUT2D eigenvalue weighted by Crippen LogP contribution is 2.36. The predicted octanol–water partition coefficient (Wildman–Crippen LogP) is 7.77. The van der Waals surface area contributed by atoms with Gasteiger partial charge in [0.2, 0.25) is 0 Å². The van der Waals surface area contributed by atoms with E-state index in [1.54, 1.807) is 22.7 Å². The lowest BCUT2D eigenvalue weighted by molar-refractivity contribution is 0.795. The summed E-state index contributed by atoms with van der Waals surface area (Å²) < 4.78 is 0. The van der Waals surface area contributed by atoms with Gasteiger partial charge in [-0.15, -0.1) is 0 Å². The molecule has 0 radical (unpaired) electrons. The number of nitrogens with zero attached hydrogens (tertiary/aromatic N) is 2. The minimum absolute atomic E-state index is 1.04. The molecule has 0 aliphatic carbocycles. The predicted molar refractivity (Wildman–Crippen MR) is 123 cm³/mol. The second-order valence-electron chi connectivity index (χ2n) is 7.25. The molecule has 2 aromatic carbocycles. The first kappa shape index (κ1) is 19.3. The first-order chi connectivity index (χ1) is 13.8. The van der Waals surface area contributed by atoms with Crippen LogP contribution in [0.3, 0.4) is 0 Å². The first-order valence-corrected chi connectivity index (χ1v) is 11.9. The molecule has 0 N–H and O–H groups in total. The number of thiazole rings is 2. The van der Waals surface area contributed by atoms with Crippen LogP contribution in [-0.2, 0) is 12.8 Å². The zero-order chi connectivity index (χ0) is 19.3. The van der Waals surface area contributed by atoms with Crippen molar-refractivity contribution in [2.24, 2.45) is 0 Å². The van der Waals surface area contributed by atoms with E-state index in [9.17, 15) is 0 Å². The fraction of sp³-hybridized carbons (Fsp3) is 0.333. The molecule has 0 aliphatic rings. The number of aromatic nitrogens is 2. The van der Waals surface area contributed by atoms with Crippen molar-refractivity contribution < 1.29 is 0 Å². The maximum Gasteiger partial charge on any atom is 0.155 e. The normalized spacial score (nSPS) is 11.4. The minimum Gasteiger partial charge on any atom is -0.223 e. The van der Waals surface area contributed by atoms with Crippen molar-refractivity contribution in [3.05, 3.63) is 59.7 Å². The van der Waals surface area contributed by atoms with Crippen LogP contribution in [0, 0.1) is 0 Å². The number of unbranched alkanes of at least 4 members (excludes halogenated alkanes) is 2. The molecule has 144 valence electrons. The van der Waals surface area contributed by atoms with Crippen LogP contribution in [0.25, 0.3) is 30.8 Å². The molecule has 0 saturated heterocycles. The molecular formula is C24H26N2S2. The fourth-order valence-electron chi connectivity index (χ4n) is 3.28. The summed E-state index contributed by atoms with van der Waals surface area (Å²) in [4.78, 5) is 11.8. The lowest BCUT2D eigenvalue weighted by Gasteiger charge is -2.02. The van der Waals surface area contributed by atoms with Crippen molar-refractivity contribution in [1.82, 2.24) is 9.97 Å². The lowest BCUT2D eigenvalue weighted by Crippen LogP contribution is -1.85. The van der Waals surface area contributed by atoms with E-state index in [1.807, 2.05) is 0 Å². The van der Waals surface area contributed by atoms with Gasteiger partial charge < -0.3 is 0 Å². The number of fused-ring (bicyclic) bond motifs is 1. The van der Waals surface area contributed by atoms with E-state index in [-0.39, 0.29) is 0 Å². The molecule has 2 heterocycles. The topological polar surface area (TPSA) is 25.8 Å². The third kappa shape index (κ3) is 4.34. The molecule has 0 amide bonds. The van der Waals surface area contributed by atoms with Crippen molar-refractivity contribution in [2.75, 3.05) is 0 Å². The van der Waals surface area contributed by atoms with Gasteiger partial charge in [-0.05, 0) is 36.8 Å². The quantitative estimate of drug-likeness (QED) is 0.299. The van der Waals surface area contributed by atoms with E-state index in [0.717, 1.165) is 32.5 Å². The molecule has 0 bridgehead atoms. The van der Waals surface area contributed by atoms with Gasteiger partial charge in [0.15, 0.2) is 9.66 Å². The maximum atomic E-state index is 4.85. The summed E-state index contributed by atoms with van der Waals surface area (Å²) >= 11 is 3.38. The van der Waals surface area contributed by atoms with Crippen molar-refractivity contribution in [3.8, 4) is 21.1 Å². The van der Waals surface area contributed by atoms with Crippen LogP contribution in [0.15, 0.2) is 48.5 Å². The van der Waals surface area contributed by atoms with E-state index in [2.05, 4.69) is 62.4 Å². The Morgan fingerprint density at radius 2 is 1.00 bits per heavy atom. The van der Waals surface area contributed by atoms with Gasteiger partial charge in [-0.2, -0.15) is 0 Å². The highest BCUT2D eigenvalue weighted by Gasteiger charge is 2.13. The summed E-state index contributed by atoms with van der Waals surface area (Å²) in [6.07, 6.45) is 7.29. The molecule has 0 unspecified atom stereocenters.